The number of H-pyrrole nitrogens is 1. The molecule has 0 radical (unpaired) electrons. The Hall–Kier alpha value is -1.35. The van der Waals surface area contributed by atoms with Gasteiger partial charge in [0.25, 0.3) is 0 Å². The van der Waals surface area contributed by atoms with Gasteiger partial charge in [0.05, 0.1) is 12.5 Å². The number of hydrogen-bond donors (Lipinski definition) is 3. The Balaban J connectivity index is 0.00000220. The second-order valence-corrected chi connectivity index (χ2v) is 6.36. The van der Waals surface area contributed by atoms with Crippen molar-refractivity contribution in [3.05, 3.63) is 29.7 Å². The topological polar surface area (TPSA) is 100 Å². The summed E-state index contributed by atoms with van der Waals surface area (Å²) >= 11 is 0. The fraction of sp³-hybridized carbons (Fsp3) is 0.417. The number of hydrogen-bond acceptors (Lipinski definition) is 5. The maximum Gasteiger partial charge on any atom is 0.208 e. The van der Waals surface area contributed by atoms with Crippen LogP contribution in [0, 0.1) is 6.92 Å². The lowest BCUT2D eigenvalue weighted by atomic mass is 10.2. The first-order valence-electron chi connectivity index (χ1n) is 6.20. The maximum absolute atomic E-state index is 10.9. The molecule has 0 unspecified atom stereocenters. The SMILES string of the molecule is Cc1ccc(-c2[nH]ncc2CNCCNS(C)(=O)=O)o1.Cl. The fourth-order valence-corrected chi connectivity index (χ4v) is 2.25. The number of rotatable bonds is 7. The zero-order chi connectivity index (χ0) is 14.6. The molecule has 0 aliphatic rings. The Bertz CT molecular complexity index is 666. The van der Waals surface area contributed by atoms with Gasteiger partial charge < -0.3 is 9.73 Å². The Morgan fingerprint density at radius 3 is 2.71 bits per heavy atom. The second kappa shape index (κ2) is 7.60. The van der Waals surface area contributed by atoms with Crippen LogP contribution in [0.1, 0.15) is 11.3 Å². The Morgan fingerprint density at radius 2 is 2.10 bits per heavy atom. The van der Waals surface area contributed by atoms with Crippen molar-refractivity contribution in [1.29, 1.82) is 0 Å². The molecule has 0 saturated carbocycles. The summed E-state index contributed by atoms with van der Waals surface area (Å²) in [6, 6.07) is 3.78. The highest BCUT2D eigenvalue weighted by molar-refractivity contribution is 7.88. The largest absolute Gasteiger partial charge is 0.460 e. The van der Waals surface area contributed by atoms with Crippen LogP contribution >= 0.6 is 12.4 Å². The van der Waals surface area contributed by atoms with Crippen LogP contribution in [0.25, 0.3) is 11.5 Å². The van der Waals surface area contributed by atoms with E-state index in [-0.39, 0.29) is 12.4 Å². The second-order valence-electron chi connectivity index (χ2n) is 4.52. The van der Waals surface area contributed by atoms with E-state index in [1.807, 2.05) is 19.1 Å². The summed E-state index contributed by atoms with van der Waals surface area (Å²) in [6.07, 6.45) is 2.87. The third-order valence-corrected chi connectivity index (χ3v) is 3.41. The van der Waals surface area contributed by atoms with E-state index in [0.29, 0.717) is 19.6 Å². The molecule has 0 fully saturated rings. The number of aromatic nitrogens is 2. The van der Waals surface area contributed by atoms with Crippen molar-refractivity contribution in [2.45, 2.75) is 13.5 Å². The fourth-order valence-electron chi connectivity index (χ4n) is 1.78. The first-order chi connectivity index (χ1) is 9.46. The Morgan fingerprint density at radius 1 is 1.33 bits per heavy atom. The summed E-state index contributed by atoms with van der Waals surface area (Å²) in [7, 11) is -3.13. The Kier molecular flexibility index (Phi) is 6.41. The molecule has 7 nitrogen and oxygen atoms in total. The highest BCUT2D eigenvalue weighted by Crippen LogP contribution is 2.22. The van der Waals surface area contributed by atoms with E-state index < -0.39 is 10.0 Å². The molecule has 0 amide bonds. The molecular weight excluding hydrogens is 316 g/mol. The predicted molar refractivity (Wildman–Crippen MR) is 82.8 cm³/mol. The van der Waals surface area contributed by atoms with Gasteiger partial charge in [0, 0.05) is 25.2 Å². The molecule has 2 rings (SSSR count). The van der Waals surface area contributed by atoms with Gasteiger partial charge in [-0.15, -0.1) is 12.4 Å². The molecule has 0 bridgehead atoms. The van der Waals surface area contributed by atoms with Crippen molar-refractivity contribution in [1.82, 2.24) is 20.2 Å². The van der Waals surface area contributed by atoms with Crippen LogP contribution in [0.3, 0.4) is 0 Å². The van der Waals surface area contributed by atoms with Crippen LogP contribution < -0.4 is 10.0 Å². The summed E-state index contributed by atoms with van der Waals surface area (Å²) in [5.41, 5.74) is 1.81. The lowest BCUT2D eigenvalue weighted by Gasteiger charge is -2.05. The molecule has 21 heavy (non-hydrogen) atoms. The molecule has 118 valence electrons. The summed E-state index contributed by atoms with van der Waals surface area (Å²) in [5, 5.41) is 10.1. The number of nitrogens with one attached hydrogen (secondary N) is 3. The summed E-state index contributed by atoms with van der Waals surface area (Å²) in [4.78, 5) is 0. The first-order valence-corrected chi connectivity index (χ1v) is 8.09. The van der Waals surface area contributed by atoms with Crippen molar-refractivity contribution in [2.24, 2.45) is 0 Å². The first kappa shape index (κ1) is 17.7. The maximum atomic E-state index is 10.9. The molecule has 0 aliphatic carbocycles. The third-order valence-electron chi connectivity index (χ3n) is 2.69. The van der Waals surface area contributed by atoms with E-state index in [1.165, 1.54) is 0 Å². The minimum Gasteiger partial charge on any atom is -0.460 e. The predicted octanol–water partition coefficient (Wildman–Crippen LogP) is 1.04. The molecule has 2 heterocycles. The average Bonchev–Trinajstić information content (AvgIpc) is 2.95. The highest BCUT2D eigenvalue weighted by Gasteiger charge is 2.10. The number of furan rings is 1. The number of nitrogens with zero attached hydrogens (tertiary/aromatic N) is 1. The van der Waals surface area contributed by atoms with Crippen molar-refractivity contribution in [2.75, 3.05) is 19.3 Å². The minimum atomic E-state index is -3.13. The number of aryl methyl sites for hydroxylation is 1. The van der Waals surface area contributed by atoms with Crippen molar-refractivity contribution in [3.8, 4) is 11.5 Å². The van der Waals surface area contributed by atoms with Crippen LogP contribution in [0.5, 0.6) is 0 Å². The van der Waals surface area contributed by atoms with Gasteiger partial charge in [-0.05, 0) is 19.1 Å². The summed E-state index contributed by atoms with van der Waals surface area (Å²) in [6.45, 7) is 3.35. The van der Waals surface area contributed by atoms with Crippen LogP contribution in [0.4, 0.5) is 0 Å². The third kappa shape index (κ3) is 5.50. The van der Waals surface area contributed by atoms with E-state index in [1.54, 1.807) is 6.20 Å². The number of halogens is 1. The molecule has 0 atom stereocenters. The summed E-state index contributed by atoms with van der Waals surface area (Å²) < 4.78 is 29.8. The quantitative estimate of drug-likeness (QED) is 0.657. The van der Waals surface area contributed by atoms with Crippen molar-refractivity contribution in [3.63, 3.8) is 0 Å². The van der Waals surface area contributed by atoms with Crippen LogP contribution in [0.15, 0.2) is 22.7 Å². The lowest BCUT2D eigenvalue weighted by molar-refractivity contribution is 0.545. The molecule has 0 saturated heterocycles. The van der Waals surface area contributed by atoms with E-state index in [4.69, 9.17) is 4.42 Å². The van der Waals surface area contributed by atoms with Gasteiger partial charge in [0.2, 0.25) is 10.0 Å². The van der Waals surface area contributed by atoms with Gasteiger partial charge in [-0.25, -0.2) is 13.1 Å². The average molecular weight is 335 g/mol. The molecule has 2 aromatic rings. The van der Waals surface area contributed by atoms with Gasteiger partial charge in [-0.1, -0.05) is 0 Å². The van der Waals surface area contributed by atoms with E-state index in [2.05, 4.69) is 20.2 Å². The van der Waals surface area contributed by atoms with Crippen molar-refractivity contribution < 1.29 is 12.8 Å². The zero-order valence-corrected chi connectivity index (χ0v) is 13.5. The van der Waals surface area contributed by atoms with Gasteiger partial charge in [-0.2, -0.15) is 5.10 Å². The van der Waals surface area contributed by atoms with E-state index >= 15 is 0 Å². The highest BCUT2D eigenvalue weighted by atomic mass is 35.5. The summed E-state index contributed by atoms with van der Waals surface area (Å²) in [5.74, 6) is 1.58. The van der Waals surface area contributed by atoms with Crippen molar-refractivity contribution >= 4 is 22.4 Å². The molecule has 0 aromatic carbocycles. The molecule has 9 heteroatoms. The molecule has 0 spiro atoms. The van der Waals surface area contributed by atoms with Gasteiger partial charge >= 0.3 is 0 Å². The van der Waals surface area contributed by atoms with E-state index in [9.17, 15) is 8.42 Å². The standard InChI is InChI=1S/C12H18N4O3S.ClH/c1-9-3-4-11(19-9)12-10(8-14-16-12)7-13-5-6-15-20(2,17)18;/h3-4,8,13,15H,5-7H2,1-2H3,(H,14,16);1H. The number of sulfonamides is 1. The van der Waals surface area contributed by atoms with Crippen LogP contribution in [-0.2, 0) is 16.6 Å². The lowest BCUT2D eigenvalue weighted by Crippen LogP contribution is -2.30. The number of aromatic amines is 1. The van der Waals surface area contributed by atoms with Crippen LogP contribution in [-0.4, -0.2) is 38.0 Å². The monoisotopic (exact) mass is 334 g/mol. The van der Waals surface area contributed by atoms with Gasteiger partial charge in [-0.3, -0.25) is 5.10 Å². The van der Waals surface area contributed by atoms with E-state index in [0.717, 1.165) is 29.0 Å². The zero-order valence-electron chi connectivity index (χ0n) is 11.8. The Labute approximate surface area is 130 Å². The van der Waals surface area contributed by atoms with Gasteiger partial charge in [0.15, 0.2) is 5.76 Å². The van der Waals surface area contributed by atoms with Crippen LogP contribution in [0.2, 0.25) is 0 Å². The normalized spacial score (nSPS) is 11.3. The molecule has 2 aromatic heterocycles. The minimum absolute atomic E-state index is 0. The van der Waals surface area contributed by atoms with Gasteiger partial charge in [0.1, 0.15) is 11.5 Å². The molecule has 3 N–H and O–H groups in total. The smallest absolute Gasteiger partial charge is 0.208 e. The molecular formula is C12H19ClN4O3S. The molecule has 0 aliphatic heterocycles.